The molecule has 0 spiro atoms. The van der Waals surface area contributed by atoms with Gasteiger partial charge < -0.3 is 5.11 Å². The highest BCUT2D eigenvalue weighted by Gasteiger charge is 2.35. The van der Waals surface area contributed by atoms with Crippen LogP contribution in [0, 0.1) is 5.92 Å². The van der Waals surface area contributed by atoms with Gasteiger partial charge in [-0.1, -0.05) is 0 Å². The molecule has 10 heteroatoms. The largest absolute Gasteiger partial charge is 0.481 e. The molecule has 1 N–H and O–H groups in total. The predicted octanol–water partition coefficient (Wildman–Crippen LogP) is 0.0321. The molecule has 128 valence electrons. The average Bonchev–Trinajstić information content (AvgIpc) is 2.98. The van der Waals surface area contributed by atoms with Gasteiger partial charge in [-0.2, -0.15) is 4.31 Å². The van der Waals surface area contributed by atoms with E-state index in [1.165, 1.54) is 38.4 Å². The fourth-order valence-corrected chi connectivity index (χ4v) is 4.69. The summed E-state index contributed by atoms with van der Waals surface area (Å²) in [7, 11) is -4.69. The maximum absolute atomic E-state index is 12.5. The smallest absolute Gasteiger partial charge is 0.307 e. The highest BCUT2D eigenvalue weighted by Crippen LogP contribution is 2.25. The summed E-state index contributed by atoms with van der Waals surface area (Å²) in [5.41, 5.74) is 0. The monoisotopic (exact) mass is 362 g/mol. The summed E-state index contributed by atoms with van der Waals surface area (Å²) in [6.45, 7) is 0.0620. The summed E-state index contributed by atoms with van der Waals surface area (Å²) in [5, 5.41) is 8.95. The lowest BCUT2D eigenvalue weighted by Gasteiger charge is -2.16. The molecule has 1 atom stereocenters. The van der Waals surface area contributed by atoms with Gasteiger partial charge in [-0.05, 0) is 30.7 Å². The van der Waals surface area contributed by atoms with Gasteiger partial charge in [0.05, 0.1) is 15.7 Å². The van der Waals surface area contributed by atoms with E-state index in [0.29, 0.717) is 0 Å². The van der Waals surface area contributed by atoms with Crippen molar-refractivity contribution in [3.05, 3.63) is 24.3 Å². The minimum absolute atomic E-state index is 0.00807. The van der Waals surface area contributed by atoms with E-state index in [2.05, 4.69) is 0 Å². The number of carboxylic acids is 1. The minimum atomic E-state index is -3.83. The number of aliphatic carboxylic acids is 1. The Bertz CT molecular complexity index is 799. The molecule has 0 aliphatic carbocycles. The Morgan fingerprint density at radius 2 is 1.65 bits per heavy atom. The van der Waals surface area contributed by atoms with Gasteiger partial charge in [-0.15, -0.1) is 0 Å². The molecule has 0 saturated carbocycles. The molecule has 0 bridgehead atoms. The van der Waals surface area contributed by atoms with Crippen molar-refractivity contribution in [2.45, 2.75) is 16.2 Å². The first-order valence-electron chi connectivity index (χ1n) is 6.82. The van der Waals surface area contributed by atoms with Gasteiger partial charge in [0, 0.05) is 27.2 Å². The van der Waals surface area contributed by atoms with Crippen molar-refractivity contribution in [2.75, 3.05) is 27.2 Å². The van der Waals surface area contributed by atoms with Gasteiger partial charge in [-0.25, -0.2) is 21.1 Å². The first-order chi connectivity index (χ1) is 10.6. The number of rotatable bonds is 5. The van der Waals surface area contributed by atoms with Gasteiger partial charge in [-0.3, -0.25) is 4.79 Å². The van der Waals surface area contributed by atoms with E-state index in [9.17, 15) is 21.6 Å². The number of carboxylic acid groups (broad SMARTS) is 1. The van der Waals surface area contributed by atoms with Crippen LogP contribution in [-0.4, -0.2) is 63.7 Å². The predicted molar refractivity (Wildman–Crippen MR) is 81.8 cm³/mol. The number of nitrogens with zero attached hydrogens (tertiary/aromatic N) is 2. The Morgan fingerprint density at radius 1 is 1.13 bits per heavy atom. The van der Waals surface area contributed by atoms with Gasteiger partial charge >= 0.3 is 5.97 Å². The molecule has 0 amide bonds. The first-order valence-corrected chi connectivity index (χ1v) is 9.70. The lowest BCUT2D eigenvalue weighted by Crippen LogP contribution is -2.30. The van der Waals surface area contributed by atoms with Gasteiger partial charge in [0.15, 0.2) is 0 Å². The van der Waals surface area contributed by atoms with Crippen LogP contribution in [0.5, 0.6) is 0 Å². The molecule has 1 aliphatic rings. The van der Waals surface area contributed by atoms with E-state index in [0.717, 1.165) is 8.61 Å². The molecule has 1 aliphatic heterocycles. The second kappa shape index (κ2) is 6.19. The molecule has 2 rings (SSSR count). The van der Waals surface area contributed by atoms with Crippen molar-refractivity contribution in [3.63, 3.8) is 0 Å². The Balaban J connectivity index is 2.27. The Kier molecular flexibility index (Phi) is 4.81. The lowest BCUT2D eigenvalue weighted by atomic mass is 10.1. The molecule has 8 nitrogen and oxygen atoms in total. The maximum Gasteiger partial charge on any atom is 0.307 e. The van der Waals surface area contributed by atoms with Crippen LogP contribution in [-0.2, 0) is 24.8 Å². The van der Waals surface area contributed by atoms with Crippen LogP contribution in [0.2, 0.25) is 0 Å². The fourth-order valence-electron chi connectivity index (χ4n) is 2.29. The fraction of sp³-hybridized carbons (Fsp3) is 0.462. The van der Waals surface area contributed by atoms with E-state index in [1.54, 1.807) is 0 Å². The summed E-state index contributed by atoms with van der Waals surface area (Å²) < 4.78 is 51.0. The van der Waals surface area contributed by atoms with Crippen molar-refractivity contribution in [3.8, 4) is 0 Å². The molecule has 1 heterocycles. The molecule has 0 radical (unpaired) electrons. The Hall–Kier alpha value is -1.49. The van der Waals surface area contributed by atoms with E-state index in [1.807, 2.05) is 0 Å². The van der Waals surface area contributed by atoms with Crippen LogP contribution >= 0.6 is 0 Å². The van der Waals surface area contributed by atoms with Crippen LogP contribution in [0.4, 0.5) is 0 Å². The second-order valence-corrected chi connectivity index (χ2v) is 9.54. The zero-order valence-corrected chi connectivity index (χ0v) is 14.3. The summed E-state index contributed by atoms with van der Waals surface area (Å²) in [6, 6.07) is 4.90. The van der Waals surface area contributed by atoms with E-state index in [-0.39, 0.29) is 29.3 Å². The van der Waals surface area contributed by atoms with Crippen LogP contribution in [0.1, 0.15) is 6.42 Å². The number of sulfonamides is 2. The van der Waals surface area contributed by atoms with Gasteiger partial charge in [0.25, 0.3) is 0 Å². The summed E-state index contributed by atoms with van der Waals surface area (Å²) in [6.07, 6.45) is 0.266. The summed E-state index contributed by atoms with van der Waals surface area (Å²) in [4.78, 5) is 10.9. The molecule has 1 aromatic rings. The second-order valence-electron chi connectivity index (χ2n) is 5.45. The van der Waals surface area contributed by atoms with Crippen LogP contribution in [0.25, 0.3) is 0 Å². The van der Waals surface area contributed by atoms with Crippen LogP contribution < -0.4 is 0 Å². The number of carbonyl (C=O) groups is 1. The van der Waals surface area contributed by atoms with E-state index < -0.39 is 31.9 Å². The standard InChI is InChI=1S/C13H18N2O6S2/c1-14(2)22(18,19)11-3-5-12(6-4-11)23(20,21)15-8-7-10(9-15)13(16)17/h3-6,10H,7-9H2,1-2H3,(H,16,17). The van der Waals surface area contributed by atoms with Crippen molar-refractivity contribution >= 4 is 26.0 Å². The van der Waals surface area contributed by atoms with E-state index in [4.69, 9.17) is 5.11 Å². The third kappa shape index (κ3) is 3.39. The first kappa shape index (κ1) is 17.9. The lowest BCUT2D eigenvalue weighted by molar-refractivity contribution is -0.141. The zero-order valence-electron chi connectivity index (χ0n) is 12.7. The minimum Gasteiger partial charge on any atom is -0.481 e. The highest BCUT2D eigenvalue weighted by atomic mass is 32.2. The number of hydrogen-bond donors (Lipinski definition) is 1. The molecule has 0 aromatic heterocycles. The van der Waals surface area contributed by atoms with Crippen molar-refractivity contribution in [1.29, 1.82) is 0 Å². The summed E-state index contributed by atoms with van der Waals surface area (Å²) in [5.74, 6) is -1.73. The molecule has 1 saturated heterocycles. The maximum atomic E-state index is 12.5. The zero-order chi connectivity index (χ0) is 17.4. The SMILES string of the molecule is CN(C)S(=O)(=O)c1ccc(S(=O)(=O)N2CCC(C(=O)O)C2)cc1. The number of hydrogen-bond acceptors (Lipinski definition) is 5. The third-order valence-corrected chi connectivity index (χ3v) is 7.45. The highest BCUT2D eigenvalue weighted by molar-refractivity contribution is 7.89. The average molecular weight is 362 g/mol. The molecular weight excluding hydrogens is 344 g/mol. The quantitative estimate of drug-likeness (QED) is 0.791. The van der Waals surface area contributed by atoms with E-state index >= 15 is 0 Å². The van der Waals surface area contributed by atoms with Crippen LogP contribution in [0.3, 0.4) is 0 Å². The van der Waals surface area contributed by atoms with Crippen LogP contribution in [0.15, 0.2) is 34.1 Å². The Labute approximate surface area is 135 Å². The normalized spacial score (nSPS) is 20.0. The molecule has 23 heavy (non-hydrogen) atoms. The topological polar surface area (TPSA) is 112 Å². The molecule has 1 unspecified atom stereocenters. The Morgan fingerprint density at radius 3 is 2.09 bits per heavy atom. The molecule has 1 fully saturated rings. The van der Waals surface area contributed by atoms with Gasteiger partial charge in [0.1, 0.15) is 0 Å². The number of benzene rings is 1. The van der Waals surface area contributed by atoms with Gasteiger partial charge in [0.2, 0.25) is 20.0 Å². The van der Waals surface area contributed by atoms with Crippen molar-refractivity contribution < 1.29 is 26.7 Å². The third-order valence-electron chi connectivity index (χ3n) is 3.74. The molecule has 1 aromatic carbocycles. The summed E-state index contributed by atoms with van der Waals surface area (Å²) >= 11 is 0. The van der Waals surface area contributed by atoms with Crippen molar-refractivity contribution in [1.82, 2.24) is 8.61 Å². The molecular formula is C13H18N2O6S2. The van der Waals surface area contributed by atoms with Crippen molar-refractivity contribution in [2.24, 2.45) is 5.92 Å².